The van der Waals surface area contributed by atoms with Crippen molar-refractivity contribution in [2.45, 2.75) is 25.7 Å². The van der Waals surface area contributed by atoms with Crippen LogP contribution in [0.25, 0.3) is 0 Å². The molecule has 3 heterocycles. The molecular weight excluding hydrogens is 304 g/mol. The first kappa shape index (κ1) is 17.3. The van der Waals surface area contributed by atoms with Gasteiger partial charge in [-0.25, -0.2) is 4.79 Å². The summed E-state index contributed by atoms with van der Waals surface area (Å²) in [5.41, 5.74) is 0. The fraction of sp³-hybridized carbons (Fsp3) is 0.867. The molecular formula is C15H27ClN4O2. The average molecular weight is 331 g/mol. The fourth-order valence-corrected chi connectivity index (χ4v) is 3.60. The highest BCUT2D eigenvalue weighted by molar-refractivity contribution is 5.85. The van der Waals surface area contributed by atoms with E-state index in [1.807, 2.05) is 14.7 Å². The highest BCUT2D eigenvalue weighted by Crippen LogP contribution is 2.21. The first-order chi connectivity index (χ1) is 10.3. The van der Waals surface area contributed by atoms with Crippen LogP contribution in [0.15, 0.2) is 0 Å². The van der Waals surface area contributed by atoms with Gasteiger partial charge in [-0.15, -0.1) is 12.4 Å². The van der Waals surface area contributed by atoms with E-state index in [1.54, 1.807) is 0 Å². The molecule has 126 valence electrons. The number of hydrogen-bond donors (Lipinski definition) is 1. The number of carbonyl (C=O) groups is 2. The molecule has 0 saturated carbocycles. The second kappa shape index (κ2) is 8.02. The summed E-state index contributed by atoms with van der Waals surface area (Å²) < 4.78 is 0. The summed E-state index contributed by atoms with van der Waals surface area (Å²) in [6.07, 6.45) is 4.10. The van der Waals surface area contributed by atoms with Gasteiger partial charge in [-0.05, 0) is 25.7 Å². The molecule has 22 heavy (non-hydrogen) atoms. The maximum absolute atomic E-state index is 12.6. The maximum atomic E-state index is 12.6. The first-order valence-electron chi connectivity index (χ1n) is 8.29. The normalized spacial score (nSPS) is 25.8. The maximum Gasteiger partial charge on any atom is 0.320 e. The summed E-state index contributed by atoms with van der Waals surface area (Å²) in [6, 6.07) is 0.144. The summed E-state index contributed by atoms with van der Waals surface area (Å²) in [7, 11) is 0. The quantitative estimate of drug-likeness (QED) is 0.772. The Labute approximate surface area is 138 Å². The van der Waals surface area contributed by atoms with Crippen LogP contribution in [-0.4, -0.2) is 79.0 Å². The number of likely N-dealkylation sites (tertiary alicyclic amines) is 2. The minimum atomic E-state index is 0. The number of nitrogens with one attached hydrogen (secondary N) is 1. The number of carbonyl (C=O) groups excluding carboxylic acids is 2. The highest BCUT2D eigenvalue weighted by atomic mass is 35.5. The van der Waals surface area contributed by atoms with Crippen LogP contribution in [0.2, 0.25) is 0 Å². The van der Waals surface area contributed by atoms with Gasteiger partial charge in [0.2, 0.25) is 5.91 Å². The second-order valence-electron chi connectivity index (χ2n) is 6.34. The third-order valence-corrected chi connectivity index (χ3v) is 4.85. The Balaban J connectivity index is 0.00000176. The van der Waals surface area contributed by atoms with E-state index in [9.17, 15) is 9.59 Å². The third-order valence-electron chi connectivity index (χ3n) is 4.85. The molecule has 1 unspecified atom stereocenters. The number of urea groups is 1. The summed E-state index contributed by atoms with van der Waals surface area (Å²) >= 11 is 0. The van der Waals surface area contributed by atoms with Crippen LogP contribution in [0.1, 0.15) is 25.7 Å². The van der Waals surface area contributed by atoms with Gasteiger partial charge in [0.25, 0.3) is 0 Å². The molecule has 0 radical (unpaired) electrons. The minimum absolute atomic E-state index is 0. The number of piperidine rings is 1. The van der Waals surface area contributed by atoms with E-state index in [0.29, 0.717) is 6.54 Å². The van der Waals surface area contributed by atoms with Crippen molar-refractivity contribution in [1.82, 2.24) is 20.0 Å². The molecule has 0 aromatic carbocycles. The monoisotopic (exact) mass is 330 g/mol. The molecule has 0 spiro atoms. The minimum Gasteiger partial charge on any atom is -0.340 e. The van der Waals surface area contributed by atoms with Crippen molar-refractivity contribution in [2.24, 2.45) is 5.92 Å². The summed E-state index contributed by atoms with van der Waals surface area (Å²) in [5, 5.41) is 3.27. The van der Waals surface area contributed by atoms with Crippen LogP contribution in [-0.2, 0) is 4.79 Å². The van der Waals surface area contributed by atoms with Crippen LogP contribution in [0, 0.1) is 5.92 Å². The van der Waals surface area contributed by atoms with E-state index < -0.39 is 0 Å². The van der Waals surface area contributed by atoms with Crippen LogP contribution < -0.4 is 5.32 Å². The number of halogens is 1. The van der Waals surface area contributed by atoms with Crippen LogP contribution >= 0.6 is 12.4 Å². The summed E-state index contributed by atoms with van der Waals surface area (Å²) in [6.45, 7) is 6.55. The van der Waals surface area contributed by atoms with E-state index in [2.05, 4.69) is 5.32 Å². The third kappa shape index (κ3) is 3.84. The smallest absolute Gasteiger partial charge is 0.320 e. The van der Waals surface area contributed by atoms with E-state index in [-0.39, 0.29) is 30.3 Å². The van der Waals surface area contributed by atoms with E-state index in [4.69, 9.17) is 0 Å². The molecule has 3 aliphatic rings. The van der Waals surface area contributed by atoms with Gasteiger partial charge < -0.3 is 20.0 Å². The predicted octanol–water partition coefficient (Wildman–Crippen LogP) is 0.768. The Kier molecular flexibility index (Phi) is 6.32. The van der Waals surface area contributed by atoms with Gasteiger partial charge in [-0.1, -0.05) is 0 Å². The molecule has 0 aliphatic carbocycles. The van der Waals surface area contributed by atoms with Gasteiger partial charge in [-0.3, -0.25) is 4.79 Å². The summed E-state index contributed by atoms with van der Waals surface area (Å²) in [4.78, 5) is 30.9. The van der Waals surface area contributed by atoms with Crippen molar-refractivity contribution in [2.75, 3.05) is 52.4 Å². The van der Waals surface area contributed by atoms with Gasteiger partial charge in [0.15, 0.2) is 0 Å². The SMILES string of the molecule is Cl.O=C(C1CCCN(C(=O)N2CCCC2)C1)N1CCNCC1. The van der Waals surface area contributed by atoms with Crippen LogP contribution in [0.5, 0.6) is 0 Å². The van der Waals surface area contributed by atoms with Gasteiger partial charge >= 0.3 is 6.03 Å². The molecule has 3 saturated heterocycles. The molecule has 0 aromatic rings. The molecule has 7 heteroatoms. The van der Waals surface area contributed by atoms with E-state index >= 15 is 0 Å². The molecule has 3 rings (SSSR count). The van der Waals surface area contributed by atoms with Crippen molar-refractivity contribution in [3.05, 3.63) is 0 Å². The zero-order valence-electron chi connectivity index (χ0n) is 13.1. The Bertz CT molecular complexity index is 395. The zero-order chi connectivity index (χ0) is 14.7. The molecule has 0 bridgehead atoms. The highest BCUT2D eigenvalue weighted by Gasteiger charge is 2.33. The van der Waals surface area contributed by atoms with Crippen molar-refractivity contribution in [3.8, 4) is 0 Å². The predicted molar refractivity (Wildman–Crippen MR) is 87.2 cm³/mol. The Morgan fingerprint density at radius 3 is 2.14 bits per heavy atom. The fourth-order valence-electron chi connectivity index (χ4n) is 3.60. The number of rotatable bonds is 1. The number of hydrogen-bond acceptors (Lipinski definition) is 3. The molecule has 3 aliphatic heterocycles. The average Bonchev–Trinajstić information content (AvgIpc) is 3.09. The lowest BCUT2D eigenvalue weighted by molar-refractivity contribution is -0.137. The molecule has 3 amide bonds. The lowest BCUT2D eigenvalue weighted by atomic mass is 9.96. The van der Waals surface area contributed by atoms with Gasteiger partial charge in [0, 0.05) is 52.4 Å². The molecule has 1 atom stereocenters. The molecule has 1 N–H and O–H groups in total. The van der Waals surface area contributed by atoms with Crippen molar-refractivity contribution >= 4 is 24.3 Å². The van der Waals surface area contributed by atoms with Gasteiger partial charge in [0.1, 0.15) is 0 Å². The second-order valence-corrected chi connectivity index (χ2v) is 6.34. The van der Waals surface area contributed by atoms with Gasteiger partial charge in [-0.2, -0.15) is 0 Å². The topological polar surface area (TPSA) is 55.9 Å². The summed E-state index contributed by atoms with van der Waals surface area (Å²) in [5.74, 6) is 0.249. The molecule has 6 nitrogen and oxygen atoms in total. The van der Waals surface area contributed by atoms with Crippen LogP contribution in [0.3, 0.4) is 0 Å². The standard InChI is InChI=1S/C15H26N4O2.ClH/c20-14(17-10-5-16-6-11-17)13-4-3-9-19(12-13)15(21)18-7-1-2-8-18;/h13,16H,1-12H2;1H. The molecule has 0 aromatic heterocycles. The van der Waals surface area contributed by atoms with Crippen molar-refractivity contribution in [3.63, 3.8) is 0 Å². The Morgan fingerprint density at radius 2 is 1.45 bits per heavy atom. The van der Waals surface area contributed by atoms with Crippen LogP contribution in [0.4, 0.5) is 4.79 Å². The number of nitrogens with zero attached hydrogens (tertiary/aromatic N) is 3. The molecule has 3 fully saturated rings. The number of piperazine rings is 1. The van der Waals surface area contributed by atoms with Gasteiger partial charge in [0.05, 0.1) is 5.92 Å². The number of amides is 3. The Hall–Kier alpha value is -1.01. The van der Waals surface area contributed by atoms with Crippen molar-refractivity contribution < 1.29 is 9.59 Å². The first-order valence-corrected chi connectivity index (χ1v) is 8.29. The Morgan fingerprint density at radius 1 is 0.818 bits per heavy atom. The van der Waals surface area contributed by atoms with Crippen molar-refractivity contribution in [1.29, 1.82) is 0 Å². The van der Waals surface area contributed by atoms with E-state index in [1.165, 1.54) is 0 Å². The van der Waals surface area contributed by atoms with E-state index in [0.717, 1.165) is 71.5 Å². The lowest BCUT2D eigenvalue weighted by Crippen LogP contribution is -2.53. The largest absolute Gasteiger partial charge is 0.340 e. The lowest BCUT2D eigenvalue weighted by Gasteiger charge is -2.37. The zero-order valence-corrected chi connectivity index (χ0v) is 13.9.